The second-order valence-corrected chi connectivity index (χ2v) is 2.94. The SMILES string of the molecule is CC(C)[N+](C)(C)OC(N)=O. The van der Waals surface area contributed by atoms with E-state index in [-0.39, 0.29) is 10.7 Å². The smallest absolute Gasteiger partial charge is 0.330 e. The second kappa shape index (κ2) is 2.88. The summed E-state index contributed by atoms with van der Waals surface area (Å²) in [5.41, 5.74) is 4.84. The minimum Gasteiger partial charge on any atom is -0.330 e. The lowest BCUT2D eigenvalue weighted by Gasteiger charge is -2.28. The molecule has 0 fully saturated rings. The first kappa shape index (κ1) is 9.23. The summed E-state index contributed by atoms with van der Waals surface area (Å²) in [6.45, 7) is 3.89. The molecule has 2 N–H and O–H groups in total. The van der Waals surface area contributed by atoms with Gasteiger partial charge in [0.05, 0.1) is 0 Å². The molecular weight excluding hydrogens is 132 g/mol. The first-order chi connectivity index (χ1) is 4.36. The van der Waals surface area contributed by atoms with E-state index in [0.717, 1.165) is 0 Å². The maximum atomic E-state index is 10.3. The first-order valence-corrected chi connectivity index (χ1v) is 3.19. The Morgan fingerprint density at radius 1 is 1.50 bits per heavy atom. The van der Waals surface area contributed by atoms with Crippen molar-refractivity contribution in [3.8, 4) is 0 Å². The fourth-order valence-corrected chi connectivity index (χ4v) is 0.337. The lowest BCUT2D eigenvalue weighted by atomic mass is 10.4. The van der Waals surface area contributed by atoms with Crippen molar-refractivity contribution in [3.63, 3.8) is 0 Å². The molecule has 0 aliphatic carbocycles. The van der Waals surface area contributed by atoms with Crippen LogP contribution in [0.5, 0.6) is 0 Å². The van der Waals surface area contributed by atoms with Gasteiger partial charge >= 0.3 is 6.09 Å². The average molecular weight is 147 g/mol. The van der Waals surface area contributed by atoms with E-state index in [1.165, 1.54) is 0 Å². The fourth-order valence-electron chi connectivity index (χ4n) is 0.337. The minimum atomic E-state index is -0.737. The predicted octanol–water partition coefficient (Wildman–Crippen LogP) is 0.482. The van der Waals surface area contributed by atoms with Gasteiger partial charge < -0.3 is 5.73 Å². The lowest BCUT2D eigenvalue weighted by molar-refractivity contribution is -1.07. The molecule has 0 rings (SSSR count). The van der Waals surface area contributed by atoms with Crippen LogP contribution in [0.2, 0.25) is 0 Å². The molecule has 0 aliphatic rings. The van der Waals surface area contributed by atoms with Gasteiger partial charge in [-0.15, -0.1) is 4.65 Å². The summed E-state index contributed by atoms with van der Waals surface area (Å²) in [5.74, 6) is 0. The van der Waals surface area contributed by atoms with Crippen molar-refractivity contribution in [2.75, 3.05) is 14.1 Å². The van der Waals surface area contributed by atoms with Crippen molar-refractivity contribution < 1.29 is 14.3 Å². The van der Waals surface area contributed by atoms with Crippen molar-refractivity contribution in [2.24, 2.45) is 5.73 Å². The Morgan fingerprint density at radius 2 is 1.90 bits per heavy atom. The second-order valence-electron chi connectivity index (χ2n) is 2.94. The molecule has 60 valence electrons. The van der Waals surface area contributed by atoms with Gasteiger partial charge in [-0.3, -0.25) is 4.84 Å². The van der Waals surface area contributed by atoms with Gasteiger partial charge in [-0.2, -0.15) is 0 Å². The lowest BCUT2D eigenvalue weighted by Crippen LogP contribution is -2.48. The number of rotatable bonds is 2. The van der Waals surface area contributed by atoms with Crippen molar-refractivity contribution in [3.05, 3.63) is 0 Å². The molecular formula is C6H15N2O2+. The van der Waals surface area contributed by atoms with Gasteiger partial charge in [-0.25, -0.2) is 4.79 Å². The Hall–Kier alpha value is -0.770. The average Bonchev–Trinajstić information content (AvgIpc) is 1.60. The molecule has 0 saturated carbocycles. The molecule has 0 saturated heterocycles. The number of nitrogens with two attached hydrogens (primary N) is 1. The fraction of sp³-hybridized carbons (Fsp3) is 0.833. The molecule has 0 aliphatic heterocycles. The molecule has 0 aromatic carbocycles. The molecule has 4 nitrogen and oxygen atoms in total. The standard InChI is InChI=1S/C6H14N2O2/c1-5(2)8(3,4)10-6(7)9/h5H,1-4H3,(H-,7,9)/p+1. The largest absolute Gasteiger partial charge is 0.459 e. The number of primary amides is 1. The van der Waals surface area contributed by atoms with E-state index in [0.29, 0.717) is 0 Å². The van der Waals surface area contributed by atoms with Crippen LogP contribution in [-0.4, -0.2) is 30.9 Å². The third-order valence-electron chi connectivity index (χ3n) is 1.57. The maximum absolute atomic E-state index is 10.3. The normalized spacial score (nSPS) is 11.7. The molecule has 0 unspecified atom stereocenters. The van der Waals surface area contributed by atoms with E-state index in [4.69, 9.17) is 10.6 Å². The number of hydrogen-bond acceptors (Lipinski definition) is 2. The van der Waals surface area contributed by atoms with E-state index in [9.17, 15) is 4.79 Å². The Morgan fingerprint density at radius 3 is 2.00 bits per heavy atom. The highest BCUT2D eigenvalue weighted by Crippen LogP contribution is 2.05. The topological polar surface area (TPSA) is 52.3 Å². The highest BCUT2D eigenvalue weighted by Gasteiger charge is 2.24. The zero-order valence-electron chi connectivity index (χ0n) is 6.92. The van der Waals surface area contributed by atoms with E-state index in [2.05, 4.69) is 0 Å². The van der Waals surface area contributed by atoms with Gasteiger partial charge in [0, 0.05) is 0 Å². The van der Waals surface area contributed by atoms with Crippen LogP contribution in [0.4, 0.5) is 4.79 Å². The quantitative estimate of drug-likeness (QED) is 0.456. The van der Waals surface area contributed by atoms with Crippen LogP contribution >= 0.6 is 0 Å². The van der Waals surface area contributed by atoms with E-state index in [1.54, 1.807) is 14.1 Å². The van der Waals surface area contributed by atoms with Crippen LogP contribution in [0, 0.1) is 0 Å². The molecule has 0 atom stereocenters. The number of nitrogens with zero attached hydrogens (tertiary/aromatic N) is 1. The van der Waals surface area contributed by atoms with Gasteiger partial charge in [0.2, 0.25) is 0 Å². The summed E-state index contributed by atoms with van der Waals surface area (Å²) in [7, 11) is 3.55. The molecule has 0 bridgehead atoms. The third kappa shape index (κ3) is 2.68. The summed E-state index contributed by atoms with van der Waals surface area (Å²) in [4.78, 5) is 15.1. The Bertz CT molecular complexity index is 132. The van der Waals surface area contributed by atoms with Crippen molar-refractivity contribution in [1.29, 1.82) is 0 Å². The summed E-state index contributed by atoms with van der Waals surface area (Å²) < 4.78 is 0.162. The highest BCUT2D eigenvalue weighted by molar-refractivity contribution is 5.63. The van der Waals surface area contributed by atoms with Gasteiger partial charge in [-0.1, -0.05) is 0 Å². The van der Waals surface area contributed by atoms with Crippen LogP contribution in [-0.2, 0) is 4.84 Å². The van der Waals surface area contributed by atoms with Crippen LogP contribution in [0.25, 0.3) is 0 Å². The summed E-state index contributed by atoms with van der Waals surface area (Å²) in [5, 5.41) is 0. The van der Waals surface area contributed by atoms with Gasteiger partial charge in [0.1, 0.15) is 20.1 Å². The van der Waals surface area contributed by atoms with E-state index in [1.807, 2.05) is 13.8 Å². The van der Waals surface area contributed by atoms with Crippen molar-refractivity contribution in [2.45, 2.75) is 19.9 Å². The van der Waals surface area contributed by atoms with Crippen LogP contribution in [0.1, 0.15) is 13.8 Å². The molecule has 0 spiro atoms. The van der Waals surface area contributed by atoms with Gasteiger partial charge in [0.15, 0.2) is 0 Å². The number of hydrogen-bond donors (Lipinski definition) is 1. The Kier molecular flexibility index (Phi) is 2.65. The molecule has 0 radical (unpaired) electrons. The summed E-state index contributed by atoms with van der Waals surface area (Å²) in [6.07, 6.45) is -0.737. The summed E-state index contributed by atoms with van der Waals surface area (Å²) >= 11 is 0. The number of amides is 1. The monoisotopic (exact) mass is 147 g/mol. The highest BCUT2D eigenvalue weighted by atomic mass is 16.7. The zero-order valence-corrected chi connectivity index (χ0v) is 6.92. The number of carbonyl (C=O) groups is 1. The van der Waals surface area contributed by atoms with Crippen molar-refractivity contribution in [1.82, 2.24) is 0 Å². The van der Waals surface area contributed by atoms with E-state index >= 15 is 0 Å². The van der Waals surface area contributed by atoms with E-state index < -0.39 is 6.09 Å². The molecule has 0 heterocycles. The van der Waals surface area contributed by atoms with Crippen LogP contribution in [0.3, 0.4) is 0 Å². The Labute approximate surface area is 61.1 Å². The number of hydroxylamine groups is 3. The predicted molar refractivity (Wildman–Crippen MR) is 37.9 cm³/mol. The number of quaternary nitrogens is 1. The first-order valence-electron chi connectivity index (χ1n) is 3.19. The molecule has 0 aromatic heterocycles. The zero-order chi connectivity index (χ0) is 8.36. The van der Waals surface area contributed by atoms with Crippen molar-refractivity contribution >= 4 is 6.09 Å². The molecule has 10 heavy (non-hydrogen) atoms. The van der Waals surface area contributed by atoms with Gasteiger partial charge in [0.25, 0.3) is 0 Å². The molecule has 4 heteroatoms. The molecule has 1 amide bonds. The van der Waals surface area contributed by atoms with Gasteiger partial charge in [-0.05, 0) is 13.8 Å². The Balaban J connectivity index is 3.99. The maximum Gasteiger partial charge on any atom is 0.459 e. The third-order valence-corrected chi connectivity index (χ3v) is 1.57. The molecule has 0 aromatic rings. The number of carbonyl (C=O) groups excluding carboxylic acids is 1. The van der Waals surface area contributed by atoms with Crippen LogP contribution in [0.15, 0.2) is 0 Å². The minimum absolute atomic E-state index is 0.162. The summed E-state index contributed by atoms with van der Waals surface area (Å²) in [6, 6.07) is 0.215. The van der Waals surface area contributed by atoms with Crippen LogP contribution < -0.4 is 5.73 Å².